The van der Waals surface area contributed by atoms with E-state index >= 15 is 0 Å². The third kappa shape index (κ3) is 3.73. The molecule has 2 aliphatic rings. The Morgan fingerprint density at radius 3 is 2.87 bits per heavy atom. The van der Waals surface area contributed by atoms with E-state index in [4.69, 9.17) is 9.47 Å². The van der Waals surface area contributed by atoms with Crippen molar-refractivity contribution >= 4 is 11.3 Å². The number of fused-ring (bicyclic) bond motifs is 2. The van der Waals surface area contributed by atoms with Gasteiger partial charge in [-0.3, -0.25) is 0 Å². The summed E-state index contributed by atoms with van der Waals surface area (Å²) in [4.78, 5) is 4.12. The molecule has 1 unspecified atom stereocenters. The first-order chi connectivity index (χ1) is 14.5. The Bertz CT molecular complexity index is 1070. The maximum absolute atomic E-state index is 10.6. The summed E-state index contributed by atoms with van der Waals surface area (Å²) < 4.78 is 11.3. The van der Waals surface area contributed by atoms with Gasteiger partial charge in [0, 0.05) is 30.3 Å². The molecule has 156 valence electrons. The number of hydrogen-bond acceptors (Lipinski definition) is 8. The van der Waals surface area contributed by atoms with Gasteiger partial charge in [-0.1, -0.05) is 22.5 Å². The van der Waals surface area contributed by atoms with Crippen molar-refractivity contribution in [2.75, 3.05) is 7.11 Å². The molecule has 2 aromatic heterocycles. The first kappa shape index (κ1) is 19.3. The molecule has 7 nitrogen and oxygen atoms in total. The van der Waals surface area contributed by atoms with Crippen LogP contribution in [-0.2, 0) is 0 Å². The Kier molecular flexibility index (Phi) is 4.83. The summed E-state index contributed by atoms with van der Waals surface area (Å²) in [5.41, 5.74) is 2.60. The first-order valence-electron chi connectivity index (χ1n) is 10.1. The fraction of sp³-hybridized carbons (Fsp3) is 0.409. The molecular formula is C22H24N4O3S. The molecule has 2 saturated heterocycles. The molecule has 3 atom stereocenters. The Hall–Kier alpha value is -2.71. The van der Waals surface area contributed by atoms with Gasteiger partial charge in [-0.15, -0.1) is 5.10 Å². The van der Waals surface area contributed by atoms with Gasteiger partial charge in [-0.2, -0.15) is 0 Å². The maximum Gasteiger partial charge on any atom is 0.294 e. The van der Waals surface area contributed by atoms with Crippen molar-refractivity contribution in [3.05, 3.63) is 36.5 Å². The molecule has 5 rings (SSSR count). The second-order valence-corrected chi connectivity index (χ2v) is 9.25. The van der Waals surface area contributed by atoms with Crippen LogP contribution in [0.5, 0.6) is 16.8 Å². The molecule has 1 aromatic carbocycles. The van der Waals surface area contributed by atoms with Gasteiger partial charge in [0.15, 0.2) is 5.01 Å². The van der Waals surface area contributed by atoms with E-state index in [2.05, 4.69) is 27.4 Å². The summed E-state index contributed by atoms with van der Waals surface area (Å²) in [6, 6.07) is 9.75. The normalized spacial score (nSPS) is 25.3. The lowest BCUT2D eigenvalue weighted by atomic mass is 9.91. The Morgan fingerprint density at radius 2 is 2.07 bits per heavy atom. The van der Waals surface area contributed by atoms with Gasteiger partial charge in [-0.25, -0.2) is 4.98 Å². The molecule has 30 heavy (non-hydrogen) atoms. The average Bonchev–Trinajstić information content (AvgIpc) is 3.31. The lowest BCUT2D eigenvalue weighted by Crippen LogP contribution is -2.50. The molecule has 0 radical (unpaired) electrons. The van der Waals surface area contributed by atoms with Crippen LogP contribution in [0.4, 0.5) is 0 Å². The number of hydrogen-bond donors (Lipinski definition) is 2. The molecule has 3 aromatic rings. The van der Waals surface area contributed by atoms with E-state index < -0.39 is 0 Å². The van der Waals surface area contributed by atoms with Crippen molar-refractivity contribution in [1.82, 2.24) is 20.5 Å². The number of nitrogens with zero attached hydrogens (tertiary/aromatic N) is 3. The molecule has 8 heteroatoms. The molecule has 4 heterocycles. The predicted octanol–water partition coefficient (Wildman–Crippen LogP) is 4.03. The number of phenols is 1. The van der Waals surface area contributed by atoms with Crippen molar-refractivity contribution in [2.24, 2.45) is 0 Å². The highest BCUT2D eigenvalue weighted by molar-refractivity contribution is 7.16. The van der Waals surface area contributed by atoms with Crippen molar-refractivity contribution in [3.63, 3.8) is 0 Å². The SMILES string of the molecule is COc1cc(-c2ccc(-c3nnc(O[C@H]4CC5CC[C@](C)(C4)N5)s3)c(O)c2)ccn1. The third-order valence-electron chi connectivity index (χ3n) is 6.00. The molecule has 2 bridgehead atoms. The number of ether oxygens (including phenoxy) is 2. The average molecular weight is 425 g/mol. The monoisotopic (exact) mass is 424 g/mol. The predicted molar refractivity (Wildman–Crippen MR) is 115 cm³/mol. The Balaban J connectivity index is 1.33. The van der Waals surface area contributed by atoms with Crippen LogP contribution in [0, 0.1) is 0 Å². The van der Waals surface area contributed by atoms with Crippen LogP contribution < -0.4 is 14.8 Å². The number of benzene rings is 1. The van der Waals surface area contributed by atoms with Crippen LogP contribution in [0.1, 0.15) is 32.6 Å². The number of rotatable bonds is 5. The minimum Gasteiger partial charge on any atom is -0.507 e. The van der Waals surface area contributed by atoms with Crippen LogP contribution in [-0.4, -0.2) is 45.1 Å². The van der Waals surface area contributed by atoms with E-state index in [0.29, 0.717) is 27.7 Å². The molecular weight excluding hydrogens is 400 g/mol. The molecule has 2 aliphatic heterocycles. The fourth-order valence-electron chi connectivity index (χ4n) is 4.56. The highest BCUT2D eigenvalue weighted by Gasteiger charge is 2.43. The second kappa shape index (κ2) is 7.52. The minimum atomic E-state index is 0.151. The largest absolute Gasteiger partial charge is 0.507 e. The summed E-state index contributed by atoms with van der Waals surface area (Å²) in [6.07, 6.45) is 6.22. The topological polar surface area (TPSA) is 89.4 Å². The van der Waals surface area contributed by atoms with Crippen molar-refractivity contribution < 1.29 is 14.6 Å². The zero-order chi connectivity index (χ0) is 20.7. The smallest absolute Gasteiger partial charge is 0.294 e. The molecule has 2 fully saturated rings. The Morgan fingerprint density at radius 1 is 1.20 bits per heavy atom. The van der Waals surface area contributed by atoms with E-state index in [-0.39, 0.29) is 17.4 Å². The molecule has 0 saturated carbocycles. The molecule has 2 N–H and O–H groups in total. The zero-order valence-electron chi connectivity index (χ0n) is 17.0. The lowest BCUT2D eigenvalue weighted by Gasteiger charge is -2.35. The van der Waals surface area contributed by atoms with Crippen LogP contribution in [0.2, 0.25) is 0 Å². The quantitative estimate of drug-likeness (QED) is 0.639. The van der Waals surface area contributed by atoms with E-state index in [0.717, 1.165) is 24.0 Å². The van der Waals surface area contributed by atoms with Gasteiger partial charge < -0.3 is 19.9 Å². The van der Waals surface area contributed by atoms with Gasteiger partial charge in [0.2, 0.25) is 5.88 Å². The minimum absolute atomic E-state index is 0.151. The highest BCUT2D eigenvalue weighted by atomic mass is 32.1. The lowest BCUT2D eigenvalue weighted by molar-refractivity contribution is 0.107. The maximum atomic E-state index is 10.6. The highest BCUT2D eigenvalue weighted by Crippen LogP contribution is 2.40. The number of phenolic OH excluding ortho intramolecular Hbond substituents is 1. The fourth-order valence-corrected chi connectivity index (χ4v) is 5.36. The number of piperidine rings is 1. The van der Waals surface area contributed by atoms with Crippen LogP contribution in [0.25, 0.3) is 21.7 Å². The van der Waals surface area contributed by atoms with E-state index in [1.54, 1.807) is 19.4 Å². The summed E-state index contributed by atoms with van der Waals surface area (Å²) >= 11 is 1.37. The van der Waals surface area contributed by atoms with Crippen LogP contribution in [0.3, 0.4) is 0 Å². The number of pyridine rings is 1. The summed E-state index contributed by atoms with van der Waals surface area (Å²) in [6.45, 7) is 2.27. The number of methoxy groups -OCH3 is 1. The number of nitrogens with one attached hydrogen (secondary N) is 1. The third-order valence-corrected chi connectivity index (χ3v) is 6.85. The number of aromatic hydroxyl groups is 1. The summed E-state index contributed by atoms with van der Waals surface area (Å²) in [7, 11) is 1.58. The summed E-state index contributed by atoms with van der Waals surface area (Å²) in [5, 5.41) is 24.0. The van der Waals surface area contributed by atoms with E-state index in [9.17, 15) is 5.11 Å². The van der Waals surface area contributed by atoms with Crippen molar-refractivity contribution in [1.29, 1.82) is 0 Å². The van der Waals surface area contributed by atoms with Crippen LogP contribution in [0.15, 0.2) is 36.5 Å². The van der Waals surface area contributed by atoms with Crippen molar-refractivity contribution in [2.45, 2.75) is 50.3 Å². The standard InChI is InChI=1S/C22H24N4O3S/c1-22-7-5-15(24-22)11-16(12-22)29-21-26-25-20(30-21)17-4-3-13(9-18(17)27)14-6-8-23-19(10-14)28-2/h3-4,6,8-10,15-16,24,27H,5,7,11-12H2,1-2H3/t15?,16-,22+/m0/s1. The molecule has 0 aliphatic carbocycles. The second-order valence-electron chi connectivity index (χ2n) is 8.31. The van der Waals surface area contributed by atoms with E-state index in [1.165, 1.54) is 24.2 Å². The molecule has 0 amide bonds. The summed E-state index contributed by atoms with van der Waals surface area (Å²) in [5.74, 6) is 0.681. The van der Waals surface area contributed by atoms with Gasteiger partial charge in [-0.05, 0) is 55.5 Å². The Labute approximate surface area is 179 Å². The van der Waals surface area contributed by atoms with Gasteiger partial charge in [0.1, 0.15) is 11.9 Å². The zero-order valence-corrected chi connectivity index (χ0v) is 17.8. The van der Waals surface area contributed by atoms with Gasteiger partial charge in [0.25, 0.3) is 5.19 Å². The van der Waals surface area contributed by atoms with Gasteiger partial charge in [0.05, 0.1) is 12.7 Å². The number of aromatic nitrogens is 3. The van der Waals surface area contributed by atoms with Gasteiger partial charge >= 0.3 is 0 Å². The first-order valence-corrected chi connectivity index (χ1v) is 10.9. The van der Waals surface area contributed by atoms with Crippen LogP contribution >= 0.6 is 11.3 Å². The van der Waals surface area contributed by atoms with Crippen molar-refractivity contribution in [3.8, 4) is 38.5 Å². The van der Waals surface area contributed by atoms with E-state index in [1.807, 2.05) is 24.3 Å². The molecule has 0 spiro atoms.